The van der Waals surface area contributed by atoms with Gasteiger partial charge in [-0.05, 0) is 36.4 Å². The van der Waals surface area contributed by atoms with Crippen molar-refractivity contribution in [1.82, 2.24) is 10.1 Å². The Morgan fingerprint density at radius 3 is 2.62 bits per heavy atom. The monoisotopic (exact) mass is 410 g/mol. The van der Waals surface area contributed by atoms with Gasteiger partial charge in [-0.25, -0.2) is 9.80 Å². The van der Waals surface area contributed by atoms with E-state index in [9.17, 15) is 9.59 Å². The van der Waals surface area contributed by atoms with Crippen molar-refractivity contribution in [2.75, 3.05) is 5.01 Å². The van der Waals surface area contributed by atoms with Gasteiger partial charge in [0.15, 0.2) is 6.61 Å². The number of carbonyl (C=O) groups is 2. The van der Waals surface area contributed by atoms with E-state index >= 15 is 0 Å². The van der Waals surface area contributed by atoms with Gasteiger partial charge >= 0.3 is 5.97 Å². The summed E-state index contributed by atoms with van der Waals surface area (Å²) in [5, 5.41) is 9.83. The highest BCUT2D eigenvalue weighted by Crippen LogP contribution is 2.21. The van der Waals surface area contributed by atoms with Gasteiger partial charge in [0.2, 0.25) is 11.7 Å². The summed E-state index contributed by atoms with van der Waals surface area (Å²) in [4.78, 5) is 28.7. The molecule has 146 valence electrons. The zero-order chi connectivity index (χ0) is 20.2. The number of rotatable bonds is 5. The Balaban J connectivity index is 1.42. The molecule has 1 aliphatic heterocycles. The van der Waals surface area contributed by atoms with Crippen LogP contribution in [-0.4, -0.2) is 27.7 Å². The zero-order valence-corrected chi connectivity index (χ0v) is 15.9. The third kappa shape index (κ3) is 4.33. The number of benzene rings is 2. The van der Waals surface area contributed by atoms with Crippen molar-refractivity contribution in [3.63, 3.8) is 0 Å². The van der Waals surface area contributed by atoms with Crippen LogP contribution in [0.5, 0.6) is 0 Å². The molecule has 0 saturated heterocycles. The fourth-order valence-electron chi connectivity index (χ4n) is 2.71. The van der Waals surface area contributed by atoms with Crippen LogP contribution in [0.1, 0.15) is 18.7 Å². The molecule has 1 amide bonds. The number of nitrogens with zero attached hydrogens (tertiary/aromatic N) is 4. The van der Waals surface area contributed by atoms with E-state index in [0.717, 1.165) is 5.56 Å². The standard InChI is InChI=1S/C20H15ClN4O4/c21-14-8-6-13(7-9-14)19-22-17(29-24-19)12-28-20(27)16-10-11-18(26)25(23-16)15-4-2-1-3-5-15/h1-9H,10-12H2. The van der Waals surface area contributed by atoms with Crippen LogP contribution >= 0.6 is 11.6 Å². The number of carbonyl (C=O) groups excluding carboxylic acids is 2. The third-order valence-corrected chi connectivity index (χ3v) is 4.42. The van der Waals surface area contributed by atoms with Crippen LogP contribution in [-0.2, 0) is 20.9 Å². The number of hydrogen-bond donors (Lipinski definition) is 0. The van der Waals surface area contributed by atoms with Crippen molar-refractivity contribution in [3.05, 3.63) is 65.5 Å². The fraction of sp³-hybridized carbons (Fsp3) is 0.150. The maximum Gasteiger partial charge on any atom is 0.355 e. The second-order valence-electron chi connectivity index (χ2n) is 6.18. The summed E-state index contributed by atoms with van der Waals surface area (Å²) in [7, 11) is 0. The molecule has 0 radical (unpaired) electrons. The van der Waals surface area contributed by atoms with Gasteiger partial charge in [0.1, 0.15) is 5.71 Å². The van der Waals surface area contributed by atoms with Crippen LogP contribution in [0.25, 0.3) is 11.4 Å². The highest BCUT2D eigenvalue weighted by atomic mass is 35.5. The maximum absolute atomic E-state index is 12.4. The third-order valence-electron chi connectivity index (χ3n) is 4.17. The Bertz CT molecular complexity index is 1060. The molecule has 1 aliphatic rings. The zero-order valence-electron chi connectivity index (χ0n) is 15.1. The Hall–Kier alpha value is -3.52. The van der Waals surface area contributed by atoms with E-state index in [4.69, 9.17) is 20.9 Å². The number of hydrazone groups is 1. The van der Waals surface area contributed by atoms with Gasteiger partial charge in [0.05, 0.1) is 5.69 Å². The lowest BCUT2D eigenvalue weighted by atomic mass is 10.1. The van der Waals surface area contributed by atoms with Crippen molar-refractivity contribution in [3.8, 4) is 11.4 Å². The summed E-state index contributed by atoms with van der Waals surface area (Å²) in [5.74, 6) is -0.304. The lowest BCUT2D eigenvalue weighted by molar-refractivity contribution is -0.137. The lowest BCUT2D eigenvalue weighted by Crippen LogP contribution is -2.34. The van der Waals surface area contributed by atoms with Crippen LogP contribution in [0.4, 0.5) is 5.69 Å². The summed E-state index contributed by atoms with van der Waals surface area (Å²) >= 11 is 5.86. The molecular formula is C20H15ClN4O4. The number of halogens is 1. The number of esters is 1. The first-order valence-corrected chi connectivity index (χ1v) is 9.19. The molecule has 0 saturated carbocycles. The second kappa shape index (κ2) is 8.24. The SMILES string of the molecule is O=C(OCc1nc(-c2ccc(Cl)cc2)no1)C1=NN(c2ccccc2)C(=O)CC1. The molecule has 3 aromatic rings. The van der Waals surface area contributed by atoms with Gasteiger partial charge in [0.25, 0.3) is 5.89 Å². The molecular weight excluding hydrogens is 396 g/mol. The molecule has 9 heteroatoms. The fourth-order valence-corrected chi connectivity index (χ4v) is 2.84. The molecule has 0 atom stereocenters. The minimum Gasteiger partial charge on any atom is -0.451 e. The van der Waals surface area contributed by atoms with Crippen molar-refractivity contribution in [2.45, 2.75) is 19.4 Å². The van der Waals surface area contributed by atoms with E-state index < -0.39 is 5.97 Å². The minimum atomic E-state index is -0.635. The molecule has 2 heterocycles. The molecule has 1 aromatic heterocycles. The molecule has 4 rings (SSSR count). The van der Waals surface area contributed by atoms with E-state index in [1.807, 2.05) is 6.07 Å². The lowest BCUT2D eigenvalue weighted by Gasteiger charge is -2.22. The number of hydrogen-bond acceptors (Lipinski definition) is 7. The topological polar surface area (TPSA) is 97.9 Å². The first-order valence-electron chi connectivity index (χ1n) is 8.81. The van der Waals surface area contributed by atoms with Gasteiger partial charge in [0, 0.05) is 23.4 Å². The predicted molar refractivity (Wildman–Crippen MR) is 105 cm³/mol. The Kier molecular flexibility index (Phi) is 5.35. The highest BCUT2D eigenvalue weighted by Gasteiger charge is 2.26. The van der Waals surface area contributed by atoms with Crippen molar-refractivity contribution >= 4 is 34.9 Å². The first-order chi connectivity index (χ1) is 14.1. The van der Waals surface area contributed by atoms with Crippen molar-refractivity contribution < 1.29 is 18.8 Å². The van der Waals surface area contributed by atoms with E-state index in [1.54, 1.807) is 48.5 Å². The molecule has 29 heavy (non-hydrogen) atoms. The van der Waals surface area contributed by atoms with Gasteiger partial charge in [-0.1, -0.05) is 35.0 Å². The Labute approximate surface area is 170 Å². The average Bonchev–Trinajstić information content (AvgIpc) is 3.22. The van der Waals surface area contributed by atoms with E-state index in [1.165, 1.54) is 5.01 Å². The summed E-state index contributed by atoms with van der Waals surface area (Å²) in [5.41, 5.74) is 1.47. The highest BCUT2D eigenvalue weighted by molar-refractivity contribution is 6.38. The molecule has 0 bridgehead atoms. The van der Waals surface area contributed by atoms with Gasteiger partial charge in [-0.3, -0.25) is 4.79 Å². The Morgan fingerprint density at radius 2 is 1.86 bits per heavy atom. The summed E-state index contributed by atoms with van der Waals surface area (Å²) in [6.45, 7) is -0.197. The quantitative estimate of drug-likeness (QED) is 0.596. The van der Waals surface area contributed by atoms with Gasteiger partial charge in [-0.15, -0.1) is 0 Å². The van der Waals surface area contributed by atoms with Gasteiger partial charge < -0.3 is 9.26 Å². The number of ether oxygens (including phenoxy) is 1. The minimum absolute atomic E-state index is 0.149. The van der Waals surface area contributed by atoms with Crippen molar-refractivity contribution in [2.24, 2.45) is 5.10 Å². The number of anilines is 1. The second-order valence-corrected chi connectivity index (χ2v) is 6.62. The normalized spacial score (nSPS) is 13.9. The van der Waals surface area contributed by atoms with Crippen molar-refractivity contribution in [1.29, 1.82) is 0 Å². The Morgan fingerprint density at radius 1 is 1.10 bits per heavy atom. The molecule has 2 aromatic carbocycles. The van der Waals surface area contributed by atoms with Crippen LogP contribution in [0.15, 0.2) is 64.2 Å². The molecule has 0 spiro atoms. The summed E-state index contributed by atoms with van der Waals surface area (Å²) < 4.78 is 10.3. The molecule has 0 N–H and O–H groups in total. The summed E-state index contributed by atoms with van der Waals surface area (Å²) in [6.07, 6.45) is 0.380. The molecule has 0 aliphatic carbocycles. The van der Waals surface area contributed by atoms with Crippen LogP contribution in [0.3, 0.4) is 0 Å². The molecule has 0 fully saturated rings. The first kappa shape index (κ1) is 18.8. The van der Waals surface area contributed by atoms with Crippen LogP contribution < -0.4 is 5.01 Å². The predicted octanol–water partition coefficient (Wildman–Crippen LogP) is 3.62. The molecule has 8 nitrogen and oxygen atoms in total. The number of para-hydroxylation sites is 1. The van der Waals surface area contributed by atoms with Crippen LogP contribution in [0, 0.1) is 0 Å². The smallest absolute Gasteiger partial charge is 0.355 e. The number of amides is 1. The number of aromatic nitrogens is 2. The molecule has 0 unspecified atom stereocenters. The summed E-state index contributed by atoms with van der Waals surface area (Å²) in [6, 6.07) is 15.8. The van der Waals surface area contributed by atoms with E-state index in [-0.39, 0.29) is 37.0 Å². The largest absolute Gasteiger partial charge is 0.451 e. The van der Waals surface area contributed by atoms with E-state index in [2.05, 4.69) is 15.2 Å². The average molecular weight is 411 g/mol. The van der Waals surface area contributed by atoms with Crippen LogP contribution in [0.2, 0.25) is 5.02 Å². The van der Waals surface area contributed by atoms with Gasteiger partial charge in [-0.2, -0.15) is 10.1 Å². The van der Waals surface area contributed by atoms with E-state index in [0.29, 0.717) is 16.5 Å². The maximum atomic E-state index is 12.4.